The highest BCUT2D eigenvalue weighted by atomic mass is 16.3. The van der Waals surface area contributed by atoms with Crippen molar-refractivity contribution >= 4 is 22.6 Å². The minimum atomic E-state index is -0.344. The van der Waals surface area contributed by atoms with E-state index in [1.165, 1.54) is 6.26 Å². The van der Waals surface area contributed by atoms with Crippen LogP contribution >= 0.6 is 0 Å². The van der Waals surface area contributed by atoms with Gasteiger partial charge in [0.05, 0.1) is 23.0 Å². The number of anilines is 1. The highest BCUT2D eigenvalue weighted by Gasteiger charge is 2.16. The van der Waals surface area contributed by atoms with Crippen LogP contribution in [-0.4, -0.2) is 26.1 Å². The van der Waals surface area contributed by atoms with Gasteiger partial charge < -0.3 is 14.7 Å². The number of amides is 1. The maximum absolute atomic E-state index is 12.1. The molecular weight excluding hydrogens is 282 g/mol. The van der Waals surface area contributed by atoms with E-state index in [9.17, 15) is 4.79 Å². The van der Waals surface area contributed by atoms with Crippen molar-refractivity contribution in [2.75, 3.05) is 5.32 Å². The van der Waals surface area contributed by atoms with E-state index in [0.717, 1.165) is 11.0 Å². The zero-order valence-electron chi connectivity index (χ0n) is 11.3. The van der Waals surface area contributed by atoms with Gasteiger partial charge in [-0.3, -0.25) is 9.89 Å². The maximum atomic E-state index is 12.1. The molecule has 0 unspecified atom stereocenters. The van der Waals surface area contributed by atoms with Crippen molar-refractivity contribution < 1.29 is 9.21 Å². The summed E-state index contributed by atoms with van der Waals surface area (Å²) in [5, 5.41) is 9.64. The SMILES string of the molecule is O=C(Nc1c[nH]nc1-c1nc2ccccc2[nH]1)c1ccco1. The number of carbonyl (C=O) groups excluding carboxylic acids is 1. The third kappa shape index (κ3) is 2.05. The van der Waals surface area contributed by atoms with E-state index < -0.39 is 0 Å². The number of hydrogen-bond acceptors (Lipinski definition) is 4. The molecule has 4 aromatic rings. The molecule has 0 saturated heterocycles. The first kappa shape index (κ1) is 12.4. The highest BCUT2D eigenvalue weighted by Crippen LogP contribution is 2.25. The van der Waals surface area contributed by atoms with Crippen LogP contribution in [0.3, 0.4) is 0 Å². The number of H-pyrrole nitrogens is 2. The van der Waals surface area contributed by atoms with Crippen molar-refractivity contribution in [3.05, 3.63) is 54.6 Å². The molecule has 3 aromatic heterocycles. The van der Waals surface area contributed by atoms with E-state index in [-0.39, 0.29) is 11.7 Å². The van der Waals surface area contributed by atoms with Crippen LogP contribution in [0.25, 0.3) is 22.6 Å². The molecule has 4 rings (SSSR count). The molecule has 108 valence electrons. The van der Waals surface area contributed by atoms with Gasteiger partial charge in [0, 0.05) is 6.20 Å². The van der Waals surface area contributed by atoms with Crippen molar-refractivity contribution in [1.29, 1.82) is 0 Å². The summed E-state index contributed by atoms with van der Waals surface area (Å²) >= 11 is 0. The number of benzene rings is 1. The third-order valence-electron chi connectivity index (χ3n) is 3.25. The molecule has 0 fully saturated rings. The monoisotopic (exact) mass is 293 g/mol. The molecule has 0 radical (unpaired) electrons. The number of nitrogens with one attached hydrogen (secondary N) is 3. The molecule has 0 saturated carbocycles. The second kappa shape index (κ2) is 4.88. The zero-order chi connectivity index (χ0) is 14.9. The van der Waals surface area contributed by atoms with Crippen LogP contribution in [-0.2, 0) is 0 Å². The standard InChI is InChI=1S/C15H11N5O2/c21-15(12-6-3-7-22-12)19-11-8-16-20-13(11)14-17-9-4-1-2-5-10(9)18-14/h1-8H,(H,16,20)(H,17,18)(H,19,21). The van der Waals surface area contributed by atoms with Crippen LogP contribution in [0.15, 0.2) is 53.3 Å². The van der Waals surface area contributed by atoms with Gasteiger partial charge in [0.15, 0.2) is 17.3 Å². The number of furan rings is 1. The fraction of sp³-hybridized carbons (Fsp3) is 0. The fourth-order valence-electron chi connectivity index (χ4n) is 2.22. The summed E-state index contributed by atoms with van der Waals surface area (Å²) in [5.41, 5.74) is 2.81. The number of aromatic amines is 2. The molecule has 3 heterocycles. The summed E-state index contributed by atoms with van der Waals surface area (Å²) in [6, 6.07) is 10.9. The van der Waals surface area contributed by atoms with Gasteiger partial charge in [-0.05, 0) is 24.3 Å². The lowest BCUT2D eigenvalue weighted by Crippen LogP contribution is -2.11. The summed E-state index contributed by atoms with van der Waals surface area (Å²) in [6.45, 7) is 0. The van der Waals surface area contributed by atoms with Crippen LogP contribution in [0.5, 0.6) is 0 Å². The largest absolute Gasteiger partial charge is 0.459 e. The molecule has 1 amide bonds. The minimum absolute atomic E-state index is 0.233. The van der Waals surface area contributed by atoms with Gasteiger partial charge in [-0.1, -0.05) is 12.1 Å². The lowest BCUT2D eigenvalue weighted by atomic mass is 10.3. The van der Waals surface area contributed by atoms with Crippen molar-refractivity contribution in [2.45, 2.75) is 0 Å². The molecule has 3 N–H and O–H groups in total. The van der Waals surface area contributed by atoms with Gasteiger partial charge in [-0.15, -0.1) is 0 Å². The maximum Gasteiger partial charge on any atom is 0.291 e. The Hall–Kier alpha value is -3.35. The number of rotatable bonds is 3. The van der Waals surface area contributed by atoms with E-state index in [1.54, 1.807) is 18.3 Å². The molecular formula is C15H11N5O2. The number of imidazole rings is 1. The summed E-state index contributed by atoms with van der Waals surface area (Å²) in [6.07, 6.45) is 3.05. The summed E-state index contributed by atoms with van der Waals surface area (Å²) in [4.78, 5) is 19.7. The number of fused-ring (bicyclic) bond motifs is 1. The highest BCUT2D eigenvalue weighted by molar-refractivity contribution is 6.04. The number of hydrogen-bond donors (Lipinski definition) is 3. The molecule has 7 heteroatoms. The van der Waals surface area contributed by atoms with Crippen molar-refractivity contribution in [3.63, 3.8) is 0 Å². The first-order chi connectivity index (χ1) is 10.8. The average Bonchev–Trinajstić information content (AvgIpc) is 3.26. The molecule has 0 atom stereocenters. The molecule has 0 spiro atoms. The topological polar surface area (TPSA) is 99.6 Å². The molecule has 0 aliphatic heterocycles. The van der Waals surface area contributed by atoms with Crippen molar-refractivity contribution in [2.24, 2.45) is 0 Å². The lowest BCUT2D eigenvalue weighted by Gasteiger charge is -2.01. The Morgan fingerprint density at radius 1 is 1.18 bits per heavy atom. The Morgan fingerprint density at radius 2 is 2.09 bits per heavy atom. The first-order valence-electron chi connectivity index (χ1n) is 6.65. The number of para-hydroxylation sites is 2. The van der Waals surface area contributed by atoms with Gasteiger partial charge >= 0.3 is 0 Å². The normalized spacial score (nSPS) is 10.9. The molecule has 7 nitrogen and oxygen atoms in total. The second-order valence-electron chi connectivity index (χ2n) is 4.68. The van der Waals surface area contributed by atoms with Gasteiger partial charge in [-0.2, -0.15) is 5.10 Å². The van der Waals surface area contributed by atoms with Crippen LogP contribution in [0.2, 0.25) is 0 Å². The smallest absolute Gasteiger partial charge is 0.291 e. The van der Waals surface area contributed by atoms with E-state index >= 15 is 0 Å². The van der Waals surface area contributed by atoms with E-state index in [0.29, 0.717) is 17.2 Å². The zero-order valence-corrected chi connectivity index (χ0v) is 11.3. The summed E-state index contributed by atoms with van der Waals surface area (Å²) in [5.74, 6) is 0.470. The van der Waals surface area contributed by atoms with Gasteiger partial charge in [-0.25, -0.2) is 4.98 Å². The summed E-state index contributed by atoms with van der Waals surface area (Å²) in [7, 11) is 0. The number of aromatic nitrogens is 4. The van der Waals surface area contributed by atoms with Crippen molar-refractivity contribution in [1.82, 2.24) is 20.2 Å². The Bertz CT molecular complexity index is 903. The number of nitrogens with zero attached hydrogens (tertiary/aromatic N) is 2. The molecule has 0 bridgehead atoms. The van der Waals surface area contributed by atoms with Gasteiger partial charge in [0.2, 0.25) is 0 Å². The Morgan fingerprint density at radius 3 is 2.91 bits per heavy atom. The minimum Gasteiger partial charge on any atom is -0.459 e. The summed E-state index contributed by atoms with van der Waals surface area (Å²) < 4.78 is 5.07. The van der Waals surface area contributed by atoms with Crippen LogP contribution in [0, 0.1) is 0 Å². The Kier molecular flexibility index (Phi) is 2.75. The van der Waals surface area contributed by atoms with Crippen molar-refractivity contribution in [3.8, 4) is 11.5 Å². The fourth-order valence-corrected chi connectivity index (χ4v) is 2.22. The molecule has 1 aromatic carbocycles. The predicted molar refractivity (Wildman–Crippen MR) is 80.3 cm³/mol. The Balaban J connectivity index is 1.69. The van der Waals surface area contributed by atoms with E-state index in [4.69, 9.17) is 4.42 Å². The molecule has 0 aliphatic rings. The van der Waals surface area contributed by atoms with Crippen LogP contribution in [0.1, 0.15) is 10.6 Å². The first-order valence-corrected chi connectivity index (χ1v) is 6.65. The third-order valence-corrected chi connectivity index (χ3v) is 3.25. The van der Waals surface area contributed by atoms with Crippen LogP contribution in [0.4, 0.5) is 5.69 Å². The average molecular weight is 293 g/mol. The second-order valence-corrected chi connectivity index (χ2v) is 4.68. The van der Waals surface area contributed by atoms with Gasteiger partial charge in [0.25, 0.3) is 5.91 Å². The van der Waals surface area contributed by atoms with Crippen LogP contribution < -0.4 is 5.32 Å². The van der Waals surface area contributed by atoms with E-state index in [1.807, 2.05) is 24.3 Å². The number of carbonyl (C=O) groups is 1. The lowest BCUT2D eigenvalue weighted by molar-refractivity contribution is 0.0996. The molecule has 0 aliphatic carbocycles. The quantitative estimate of drug-likeness (QED) is 0.540. The molecule has 22 heavy (non-hydrogen) atoms. The van der Waals surface area contributed by atoms with E-state index in [2.05, 4.69) is 25.5 Å². The van der Waals surface area contributed by atoms with Gasteiger partial charge in [0.1, 0.15) is 0 Å². The Labute approximate surface area is 124 Å². The predicted octanol–water partition coefficient (Wildman–Crippen LogP) is 2.80.